The van der Waals surface area contributed by atoms with Crippen LogP contribution in [0.3, 0.4) is 0 Å². The molecule has 0 amide bonds. The number of carboxylic acids is 1. The Morgan fingerprint density at radius 3 is 2.12 bits per heavy atom. The molecule has 186 valence electrons. The predicted octanol–water partition coefficient (Wildman–Crippen LogP) is 7.23. The van der Waals surface area contributed by atoms with Crippen molar-refractivity contribution in [2.75, 3.05) is 0 Å². The van der Waals surface area contributed by atoms with Crippen molar-refractivity contribution in [2.45, 2.75) is 119 Å². The third-order valence-electron chi connectivity index (χ3n) is 13.0. The first kappa shape index (κ1) is 23.9. The molecule has 2 N–H and O–H groups in total. The van der Waals surface area contributed by atoms with Gasteiger partial charge in [0.15, 0.2) is 0 Å². The number of allylic oxidation sites excluding steroid dienone is 1. The van der Waals surface area contributed by atoms with Crippen LogP contribution in [0.2, 0.25) is 0 Å². The van der Waals surface area contributed by atoms with E-state index in [0.29, 0.717) is 17.8 Å². The molecule has 3 nitrogen and oxygen atoms in total. The third-order valence-corrected chi connectivity index (χ3v) is 13.0. The highest BCUT2D eigenvalue weighted by molar-refractivity contribution is 5.80. The Labute approximate surface area is 201 Å². The summed E-state index contributed by atoms with van der Waals surface area (Å²) in [5.74, 6) is 1.05. The lowest BCUT2D eigenvalue weighted by Gasteiger charge is -2.72. The summed E-state index contributed by atoms with van der Waals surface area (Å²) < 4.78 is 0. The van der Waals surface area contributed by atoms with E-state index in [1.54, 1.807) is 0 Å². The van der Waals surface area contributed by atoms with Crippen LogP contribution >= 0.6 is 0 Å². The van der Waals surface area contributed by atoms with E-state index in [1.165, 1.54) is 24.8 Å². The molecule has 5 rings (SSSR count). The van der Waals surface area contributed by atoms with Gasteiger partial charge in [0, 0.05) is 0 Å². The molecule has 0 radical (unpaired) electrons. The van der Waals surface area contributed by atoms with Crippen LogP contribution in [-0.4, -0.2) is 22.3 Å². The number of aliphatic hydroxyl groups is 1. The smallest absolute Gasteiger partial charge is 0.313 e. The third kappa shape index (κ3) is 2.87. The molecule has 5 aliphatic carbocycles. The van der Waals surface area contributed by atoms with Crippen molar-refractivity contribution in [2.24, 2.45) is 50.2 Å². The molecule has 0 saturated heterocycles. The molecular formula is C30H48O3. The van der Waals surface area contributed by atoms with Gasteiger partial charge in [-0.15, -0.1) is 0 Å². The maximum atomic E-state index is 12.7. The Morgan fingerprint density at radius 2 is 1.45 bits per heavy atom. The van der Waals surface area contributed by atoms with Crippen LogP contribution in [0.25, 0.3) is 0 Å². The monoisotopic (exact) mass is 456 g/mol. The van der Waals surface area contributed by atoms with Crippen molar-refractivity contribution >= 4 is 5.97 Å². The first-order valence-corrected chi connectivity index (χ1v) is 13.8. The molecular weight excluding hydrogens is 408 g/mol. The molecule has 0 aliphatic heterocycles. The molecule has 0 heterocycles. The van der Waals surface area contributed by atoms with E-state index in [2.05, 4.69) is 54.5 Å². The summed E-state index contributed by atoms with van der Waals surface area (Å²) in [6.07, 6.45) is 12.7. The van der Waals surface area contributed by atoms with Crippen molar-refractivity contribution in [3.63, 3.8) is 0 Å². The van der Waals surface area contributed by atoms with Crippen molar-refractivity contribution < 1.29 is 15.0 Å². The first-order chi connectivity index (χ1) is 15.1. The SMILES string of the molecule is CC1(C)C=C2[C@@H]3CC[C@@H]4[C@@]5(C)CC[C@H](O)C(C)(C)[C@H]5CC[C@@]4(C)[C@]3(C)CC[C@@]2(C(=O)O)CC1. The lowest BCUT2D eigenvalue weighted by Crippen LogP contribution is -2.66. The first-order valence-electron chi connectivity index (χ1n) is 13.8. The van der Waals surface area contributed by atoms with Crippen LogP contribution in [0.5, 0.6) is 0 Å². The number of hydrogen-bond donors (Lipinski definition) is 2. The van der Waals surface area contributed by atoms with Gasteiger partial charge in [-0.3, -0.25) is 4.79 Å². The van der Waals surface area contributed by atoms with E-state index in [1.807, 2.05) is 0 Å². The van der Waals surface area contributed by atoms with Crippen LogP contribution < -0.4 is 0 Å². The summed E-state index contributed by atoms with van der Waals surface area (Å²) in [6, 6.07) is 0. The van der Waals surface area contributed by atoms with Crippen LogP contribution in [0.4, 0.5) is 0 Å². The maximum absolute atomic E-state index is 12.7. The zero-order chi connectivity index (χ0) is 24.2. The lowest BCUT2D eigenvalue weighted by molar-refractivity contribution is -0.229. The van der Waals surface area contributed by atoms with Crippen molar-refractivity contribution in [1.29, 1.82) is 0 Å². The fourth-order valence-corrected chi connectivity index (χ4v) is 10.7. The summed E-state index contributed by atoms with van der Waals surface area (Å²) in [4.78, 5) is 12.7. The zero-order valence-corrected chi connectivity index (χ0v) is 22.3. The molecule has 0 unspecified atom stereocenters. The Bertz CT molecular complexity index is 885. The summed E-state index contributed by atoms with van der Waals surface area (Å²) in [5.41, 5.74) is 1.40. The fourth-order valence-electron chi connectivity index (χ4n) is 10.7. The summed E-state index contributed by atoms with van der Waals surface area (Å²) >= 11 is 0. The van der Waals surface area contributed by atoms with E-state index in [-0.39, 0.29) is 33.2 Å². The van der Waals surface area contributed by atoms with Crippen LogP contribution in [0.1, 0.15) is 113 Å². The summed E-state index contributed by atoms with van der Waals surface area (Å²) in [5, 5.41) is 21.4. The van der Waals surface area contributed by atoms with Gasteiger partial charge in [-0.05, 0) is 109 Å². The standard InChI is InChI=1S/C30H48O3/c1-25(2)14-16-30(24(32)33)17-15-28(6)19(20(30)18-25)8-9-22-27(5)12-11-23(31)26(3,4)21(27)10-13-29(22,28)7/h18-19,21-23,31H,8-17H2,1-7H3,(H,32,33)/t19-,21+,22+,23-,27-,28+,29+,30-/m0/s1. The minimum absolute atomic E-state index is 0.0208. The van der Waals surface area contributed by atoms with Gasteiger partial charge in [0.25, 0.3) is 0 Å². The number of fused-ring (bicyclic) bond motifs is 7. The number of carboxylic acid groups (broad SMARTS) is 1. The second-order valence-electron chi connectivity index (χ2n) is 15.0. The number of aliphatic hydroxyl groups excluding tert-OH is 1. The van der Waals surface area contributed by atoms with Gasteiger partial charge in [0.05, 0.1) is 11.5 Å². The Morgan fingerprint density at radius 1 is 0.788 bits per heavy atom. The van der Waals surface area contributed by atoms with Crippen LogP contribution in [0, 0.1) is 50.2 Å². The second-order valence-corrected chi connectivity index (χ2v) is 15.0. The fraction of sp³-hybridized carbons (Fsp3) is 0.900. The molecule has 33 heavy (non-hydrogen) atoms. The van der Waals surface area contributed by atoms with Gasteiger partial charge < -0.3 is 10.2 Å². The van der Waals surface area contributed by atoms with E-state index < -0.39 is 11.4 Å². The minimum Gasteiger partial charge on any atom is -0.481 e. The van der Waals surface area contributed by atoms with E-state index in [0.717, 1.165) is 44.9 Å². The number of hydrogen-bond acceptors (Lipinski definition) is 2. The Balaban J connectivity index is 1.58. The average Bonchev–Trinajstić information content (AvgIpc) is 2.71. The molecule has 0 aromatic heterocycles. The lowest BCUT2D eigenvalue weighted by atomic mass is 9.32. The number of carbonyl (C=O) groups is 1. The highest BCUT2D eigenvalue weighted by Gasteiger charge is 2.69. The van der Waals surface area contributed by atoms with Crippen molar-refractivity contribution in [3.05, 3.63) is 11.6 Å². The zero-order valence-electron chi connectivity index (χ0n) is 22.3. The van der Waals surface area contributed by atoms with Crippen LogP contribution in [-0.2, 0) is 4.79 Å². The number of rotatable bonds is 1. The summed E-state index contributed by atoms with van der Waals surface area (Å²) in [7, 11) is 0. The van der Waals surface area contributed by atoms with Crippen molar-refractivity contribution in [3.8, 4) is 0 Å². The van der Waals surface area contributed by atoms with Gasteiger partial charge >= 0.3 is 5.97 Å². The average molecular weight is 457 g/mol. The minimum atomic E-state index is -0.624. The van der Waals surface area contributed by atoms with Gasteiger partial charge in [-0.25, -0.2) is 0 Å². The molecule has 8 atom stereocenters. The molecule has 3 heteroatoms. The van der Waals surface area contributed by atoms with Gasteiger partial charge in [0.2, 0.25) is 0 Å². The van der Waals surface area contributed by atoms with Gasteiger partial charge in [-0.2, -0.15) is 0 Å². The van der Waals surface area contributed by atoms with E-state index in [9.17, 15) is 15.0 Å². The van der Waals surface area contributed by atoms with E-state index in [4.69, 9.17) is 0 Å². The Hall–Kier alpha value is -0.830. The topological polar surface area (TPSA) is 57.5 Å². The normalized spacial score (nSPS) is 52.4. The van der Waals surface area contributed by atoms with Crippen molar-refractivity contribution in [1.82, 2.24) is 0 Å². The highest BCUT2D eigenvalue weighted by atomic mass is 16.4. The second kappa shape index (κ2) is 6.89. The molecule has 0 spiro atoms. The maximum Gasteiger partial charge on any atom is 0.313 e. The predicted molar refractivity (Wildman–Crippen MR) is 133 cm³/mol. The molecule has 0 aromatic carbocycles. The quantitative estimate of drug-likeness (QED) is 0.409. The van der Waals surface area contributed by atoms with Crippen LogP contribution in [0.15, 0.2) is 11.6 Å². The summed E-state index contributed by atoms with van der Waals surface area (Å²) in [6.45, 7) is 16.9. The van der Waals surface area contributed by atoms with Gasteiger partial charge in [-0.1, -0.05) is 60.1 Å². The molecule has 4 fully saturated rings. The van der Waals surface area contributed by atoms with E-state index >= 15 is 0 Å². The largest absolute Gasteiger partial charge is 0.481 e. The highest BCUT2D eigenvalue weighted by Crippen LogP contribution is 2.76. The molecule has 5 aliphatic rings. The van der Waals surface area contributed by atoms with Gasteiger partial charge in [0.1, 0.15) is 0 Å². The molecule has 0 aromatic rings. The Kier molecular flexibility index (Phi) is 4.99. The molecule has 0 bridgehead atoms. The number of aliphatic carboxylic acids is 1. The molecule has 4 saturated carbocycles.